The number of hydrogen-bond donors (Lipinski definition) is 2. The van der Waals surface area contributed by atoms with Crippen LogP contribution < -0.4 is 10.5 Å². The summed E-state index contributed by atoms with van der Waals surface area (Å²) in [6, 6.07) is 13.8. The molecule has 0 saturated heterocycles. The third-order valence-electron chi connectivity index (χ3n) is 3.57. The Balaban J connectivity index is 1.81. The maximum Gasteiger partial charge on any atom is 0.119 e. The molecule has 0 aliphatic heterocycles. The quantitative estimate of drug-likeness (QED) is 0.710. The predicted octanol–water partition coefficient (Wildman–Crippen LogP) is 2.75. The minimum absolute atomic E-state index is 0.675. The van der Waals surface area contributed by atoms with Crippen molar-refractivity contribution in [1.29, 1.82) is 0 Å². The first-order chi connectivity index (χ1) is 10.6. The van der Waals surface area contributed by atoms with Gasteiger partial charge in [-0.15, -0.1) is 0 Å². The first-order valence-corrected chi connectivity index (χ1v) is 7.25. The molecular formula is C17H20N4O. The number of anilines is 1. The highest BCUT2D eigenvalue weighted by atomic mass is 16.5. The number of fused-ring (bicyclic) bond motifs is 1. The first-order valence-electron chi connectivity index (χ1n) is 7.25. The topological polar surface area (TPSA) is 67.2 Å². The van der Waals surface area contributed by atoms with E-state index in [1.807, 2.05) is 56.6 Å². The van der Waals surface area contributed by atoms with Crippen molar-refractivity contribution in [3.63, 3.8) is 0 Å². The normalized spacial score (nSPS) is 11.2. The fourth-order valence-corrected chi connectivity index (χ4v) is 2.34. The van der Waals surface area contributed by atoms with Crippen molar-refractivity contribution in [2.75, 3.05) is 33.0 Å². The van der Waals surface area contributed by atoms with Gasteiger partial charge in [0.25, 0.3) is 0 Å². The van der Waals surface area contributed by atoms with Crippen molar-refractivity contribution in [3.05, 3.63) is 42.5 Å². The van der Waals surface area contributed by atoms with E-state index < -0.39 is 0 Å². The predicted molar refractivity (Wildman–Crippen MR) is 90.0 cm³/mol. The molecule has 0 fully saturated rings. The fraction of sp³-hybridized carbons (Fsp3) is 0.235. The number of hydrogen-bond acceptors (Lipinski definition) is 4. The Morgan fingerprint density at radius 1 is 1.14 bits per heavy atom. The molecule has 5 nitrogen and oxygen atoms in total. The second-order valence-electron chi connectivity index (χ2n) is 5.52. The molecule has 22 heavy (non-hydrogen) atoms. The number of nitrogens with one attached hydrogen (secondary N) is 1. The van der Waals surface area contributed by atoms with E-state index in [2.05, 4.69) is 15.1 Å². The summed E-state index contributed by atoms with van der Waals surface area (Å²) in [5.74, 6) is 0.866. The third-order valence-corrected chi connectivity index (χ3v) is 3.57. The van der Waals surface area contributed by atoms with Crippen molar-refractivity contribution in [2.24, 2.45) is 0 Å². The van der Waals surface area contributed by atoms with E-state index >= 15 is 0 Å². The maximum absolute atomic E-state index is 5.96. The van der Waals surface area contributed by atoms with Crippen molar-refractivity contribution in [1.82, 2.24) is 15.1 Å². The Labute approximate surface area is 129 Å². The summed E-state index contributed by atoms with van der Waals surface area (Å²) < 4.78 is 5.71. The standard InChI is InChI=1S/C17H20N4O/c1-21(2)10-11-22-13-8-6-12(7-9-13)16-14-4-3-5-15(18)17(14)20-19-16/h3-9H,10-11,18H2,1-2H3,(H,19,20). The van der Waals surface area contributed by atoms with Gasteiger partial charge in [0.15, 0.2) is 0 Å². The van der Waals surface area contributed by atoms with Crippen molar-refractivity contribution in [3.8, 4) is 17.0 Å². The van der Waals surface area contributed by atoms with E-state index in [1.54, 1.807) is 0 Å². The summed E-state index contributed by atoms with van der Waals surface area (Å²) in [6.07, 6.45) is 0. The molecule has 0 aliphatic carbocycles. The zero-order chi connectivity index (χ0) is 15.5. The largest absolute Gasteiger partial charge is 0.492 e. The van der Waals surface area contributed by atoms with Crippen LogP contribution in [0, 0.1) is 0 Å². The van der Waals surface area contributed by atoms with Crippen LogP contribution >= 0.6 is 0 Å². The molecule has 0 bridgehead atoms. The number of aromatic amines is 1. The zero-order valence-electron chi connectivity index (χ0n) is 12.8. The number of nitrogens with zero attached hydrogens (tertiary/aromatic N) is 2. The van der Waals surface area contributed by atoms with Crippen LogP contribution in [-0.2, 0) is 0 Å². The van der Waals surface area contributed by atoms with Crippen LogP contribution in [0.3, 0.4) is 0 Å². The molecular weight excluding hydrogens is 276 g/mol. The van der Waals surface area contributed by atoms with Gasteiger partial charge in [0.2, 0.25) is 0 Å². The van der Waals surface area contributed by atoms with Crippen LogP contribution in [0.25, 0.3) is 22.2 Å². The second kappa shape index (κ2) is 6.07. The average molecular weight is 296 g/mol. The van der Waals surface area contributed by atoms with Gasteiger partial charge in [-0.2, -0.15) is 5.10 Å². The molecule has 2 aromatic carbocycles. The molecule has 3 aromatic rings. The molecule has 0 unspecified atom stereocenters. The number of benzene rings is 2. The van der Waals surface area contributed by atoms with Gasteiger partial charge in [-0.05, 0) is 44.4 Å². The van der Waals surface area contributed by atoms with E-state index in [0.717, 1.165) is 34.5 Å². The van der Waals surface area contributed by atoms with E-state index in [-0.39, 0.29) is 0 Å². The minimum atomic E-state index is 0.675. The lowest BCUT2D eigenvalue weighted by molar-refractivity contribution is 0.261. The summed E-state index contributed by atoms with van der Waals surface area (Å²) in [7, 11) is 4.06. The molecule has 0 radical (unpaired) electrons. The van der Waals surface area contributed by atoms with Crippen LogP contribution in [-0.4, -0.2) is 42.3 Å². The molecule has 114 valence electrons. The van der Waals surface area contributed by atoms with Crippen molar-refractivity contribution in [2.45, 2.75) is 0 Å². The third kappa shape index (κ3) is 2.89. The minimum Gasteiger partial charge on any atom is -0.492 e. The van der Waals surface area contributed by atoms with E-state index in [1.165, 1.54) is 0 Å². The first kappa shape index (κ1) is 14.4. The van der Waals surface area contributed by atoms with Crippen LogP contribution in [0.5, 0.6) is 5.75 Å². The molecule has 0 aliphatic rings. The van der Waals surface area contributed by atoms with Crippen LogP contribution in [0.4, 0.5) is 5.69 Å². The van der Waals surface area contributed by atoms with Crippen LogP contribution in [0.2, 0.25) is 0 Å². The van der Waals surface area contributed by atoms with Gasteiger partial charge in [-0.1, -0.05) is 12.1 Å². The molecule has 0 atom stereocenters. The lowest BCUT2D eigenvalue weighted by Gasteiger charge is -2.11. The van der Waals surface area contributed by atoms with Crippen LogP contribution in [0.15, 0.2) is 42.5 Å². The number of para-hydroxylation sites is 1. The number of nitrogens with two attached hydrogens (primary N) is 1. The monoisotopic (exact) mass is 296 g/mol. The summed E-state index contributed by atoms with van der Waals surface area (Å²) in [5.41, 5.74) is 9.49. The SMILES string of the molecule is CN(C)CCOc1ccc(-c2n[nH]c3c(N)cccc23)cc1. The van der Waals surface area contributed by atoms with Gasteiger partial charge in [0, 0.05) is 17.5 Å². The van der Waals surface area contributed by atoms with Crippen LogP contribution in [0.1, 0.15) is 0 Å². The number of ether oxygens (including phenoxy) is 1. The number of nitrogen functional groups attached to an aromatic ring is 1. The van der Waals surface area contributed by atoms with Gasteiger partial charge in [0.1, 0.15) is 12.4 Å². The molecule has 3 N–H and O–H groups in total. The fourth-order valence-electron chi connectivity index (χ4n) is 2.34. The molecule has 1 heterocycles. The van der Waals surface area contributed by atoms with E-state index in [0.29, 0.717) is 12.3 Å². The zero-order valence-corrected chi connectivity index (χ0v) is 12.8. The van der Waals surface area contributed by atoms with Crippen molar-refractivity contribution < 1.29 is 4.74 Å². The summed E-state index contributed by atoms with van der Waals surface area (Å²) in [5, 5.41) is 8.42. The Kier molecular flexibility index (Phi) is 3.98. The van der Waals surface area contributed by atoms with Crippen molar-refractivity contribution >= 4 is 16.6 Å². The lowest BCUT2D eigenvalue weighted by atomic mass is 10.1. The van der Waals surface area contributed by atoms with Gasteiger partial charge >= 0.3 is 0 Å². The number of likely N-dealkylation sites (N-methyl/N-ethyl adjacent to an activating group) is 1. The highest BCUT2D eigenvalue weighted by Crippen LogP contribution is 2.29. The second-order valence-corrected chi connectivity index (χ2v) is 5.52. The number of aromatic nitrogens is 2. The molecule has 1 aromatic heterocycles. The van der Waals surface area contributed by atoms with Gasteiger partial charge < -0.3 is 15.4 Å². The molecule has 0 saturated carbocycles. The highest BCUT2D eigenvalue weighted by Gasteiger charge is 2.09. The molecule has 0 spiro atoms. The Bertz CT molecular complexity index is 762. The molecule has 3 rings (SSSR count). The molecule has 5 heteroatoms. The summed E-state index contributed by atoms with van der Waals surface area (Å²) >= 11 is 0. The van der Waals surface area contributed by atoms with Gasteiger partial charge in [0.05, 0.1) is 16.9 Å². The average Bonchev–Trinajstić information content (AvgIpc) is 2.93. The van der Waals surface area contributed by atoms with Gasteiger partial charge in [-0.3, -0.25) is 5.10 Å². The Hall–Kier alpha value is -2.53. The number of H-pyrrole nitrogens is 1. The number of rotatable bonds is 5. The van der Waals surface area contributed by atoms with E-state index in [9.17, 15) is 0 Å². The van der Waals surface area contributed by atoms with E-state index in [4.69, 9.17) is 10.5 Å². The summed E-state index contributed by atoms with van der Waals surface area (Å²) in [4.78, 5) is 2.09. The Morgan fingerprint density at radius 3 is 2.64 bits per heavy atom. The van der Waals surface area contributed by atoms with Gasteiger partial charge in [-0.25, -0.2) is 0 Å². The molecule has 0 amide bonds. The lowest BCUT2D eigenvalue weighted by Crippen LogP contribution is -2.19. The smallest absolute Gasteiger partial charge is 0.119 e. The highest BCUT2D eigenvalue weighted by molar-refractivity contribution is 5.98. The maximum atomic E-state index is 5.96. The summed E-state index contributed by atoms with van der Waals surface area (Å²) in [6.45, 7) is 1.57. The Morgan fingerprint density at radius 2 is 1.91 bits per heavy atom.